The van der Waals surface area contributed by atoms with Crippen LogP contribution in [0.25, 0.3) is 0 Å². The van der Waals surface area contributed by atoms with Crippen LogP contribution in [0.4, 0.5) is 0 Å². The van der Waals surface area contributed by atoms with Gasteiger partial charge in [-0.05, 0) is 20.8 Å². The van der Waals surface area contributed by atoms with E-state index in [1.54, 1.807) is 0 Å². The second kappa shape index (κ2) is 3.42. The summed E-state index contributed by atoms with van der Waals surface area (Å²) in [6.07, 6.45) is 2.87. The lowest BCUT2D eigenvalue weighted by atomic mass is 10.2. The van der Waals surface area contributed by atoms with Crippen molar-refractivity contribution in [1.29, 1.82) is 5.41 Å². The third-order valence-corrected chi connectivity index (χ3v) is 0.816. The van der Waals surface area contributed by atoms with E-state index in [9.17, 15) is 0 Å². The molecular weight excluding hydrogens is 98.1 g/mol. The van der Waals surface area contributed by atoms with Crippen LogP contribution in [0.1, 0.15) is 27.2 Å². The zero-order valence-electron chi connectivity index (χ0n) is 5.78. The van der Waals surface area contributed by atoms with Gasteiger partial charge in [-0.25, -0.2) is 0 Å². The molecule has 0 unspecified atom stereocenters. The maximum Gasteiger partial charge on any atom is 0.00959 e. The monoisotopic (exact) mass is 111 g/mol. The number of hydrogen-bond donors (Lipinski definition) is 1. The molecule has 1 nitrogen and oxygen atoms in total. The summed E-state index contributed by atoms with van der Waals surface area (Å²) in [5.41, 5.74) is 2.02. The van der Waals surface area contributed by atoms with E-state index in [2.05, 4.69) is 6.08 Å². The number of hydrogen-bond acceptors (Lipinski definition) is 1. The third-order valence-electron chi connectivity index (χ3n) is 0.816. The fourth-order valence-electron chi connectivity index (χ4n) is 0.357. The summed E-state index contributed by atoms with van der Waals surface area (Å²) in [4.78, 5) is 0. The average molecular weight is 111 g/mol. The van der Waals surface area contributed by atoms with Crippen molar-refractivity contribution < 1.29 is 0 Å². The normalized spacial score (nSPS) is 8.38. The molecule has 1 heteroatoms. The van der Waals surface area contributed by atoms with Gasteiger partial charge >= 0.3 is 0 Å². The van der Waals surface area contributed by atoms with Crippen LogP contribution < -0.4 is 0 Å². The predicted octanol–water partition coefficient (Wildman–Crippen LogP) is 2.38. The van der Waals surface area contributed by atoms with Crippen LogP contribution in [0.15, 0.2) is 11.6 Å². The molecule has 0 aromatic heterocycles. The first-order valence-corrected chi connectivity index (χ1v) is 2.80. The second-order valence-electron chi connectivity index (χ2n) is 2.27. The Morgan fingerprint density at radius 1 is 1.38 bits per heavy atom. The number of allylic oxidation sites excluding steroid dienone is 2. The van der Waals surface area contributed by atoms with E-state index in [4.69, 9.17) is 5.41 Å². The predicted molar refractivity (Wildman–Crippen MR) is 37.4 cm³/mol. The molecule has 0 aliphatic heterocycles. The minimum Gasteiger partial charge on any atom is -0.310 e. The van der Waals surface area contributed by atoms with Crippen molar-refractivity contribution in [1.82, 2.24) is 0 Å². The Kier molecular flexibility index (Phi) is 3.16. The molecule has 0 aliphatic carbocycles. The van der Waals surface area contributed by atoms with E-state index >= 15 is 0 Å². The van der Waals surface area contributed by atoms with Gasteiger partial charge in [-0.1, -0.05) is 11.6 Å². The van der Waals surface area contributed by atoms with E-state index in [0.717, 1.165) is 12.1 Å². The molecule has 0 rings (SSSR count). The molecule has 0 bridgehead atoms. The van der Waals surface area contributed by atoms with Gasteiger partial charge in [0.05, 0.1) is 0 Å². The zero-order chi connectivity index (χ0) is 6.57. The van der Waals surface area contributed by atoms with Crippen molar-refractivity contribution in [3.63, 3.8) is 0 Å². The highest BCUT2D eigenvalue weighted by molar-refractivity contribution is 5.79. The summed E-state index contributed by atoms with van der Waals surface area (Å²) in [5.74, 6) is 0. The molecule has 0 radical (unpaired) electrons. The second-order valence-corrected chi connectivity index (χ2v) is 2.27. The van der Waals surface area contributed by atoms with Crippen molar-refractivity contribution in [2.45, 2.75) is 27.2 Å². The van der Waals surface area contributed by atoms with Crippen molar-refractivity contribution >= 4 is 5.71 Å². The van der Waals surface area contributed by atoms with Crippen LogP contribution >= 0.6 is 0 Å². The van der Waals surface area contributed by atoms with Crippen LogP contribution in [0.3, 0.4) is 0 Å². The Morgan fingerprint density at radius 3 is 2.00 bits per heavy atom. The fourth-order valence-corrected chi connectivity index (χ4v) is 0.357. The number of rotatable bonds is 2. The van der Waals surface area contributed by atoms with E-state index in [0.29, 0.717) is 0 Å². The van der Waals surface area contributed by atoms with Gasteiger partial charge < -0.3 is 5.41 Å². The Hall–Kier alpha value is -0.590. The lowest BCUT2D eigenvalue weighted by molar-refractivity contribution is 1.27. The first kappa shape index (κ1) is 7.41. The van der Waals surface area contributed by atoms with Crippen molar-refractivity contribution in [2.24, 2.45) is 0 Å². The van der Waals surface area contributed by atoms with E-state index < -0.39 is 0 Å². The van der Waals surface area contributed by atoms with Crippen molar-refractivity contribution in [3.8, 4) is 0 Å². The summed E-state index contributed by atoms with van der Waals surface area (Å²) in [6.45, 7) is 5.91. The lowest BCUT2D eigenvalue weighted by Crippen LogP contribution is -1.82. The van der Waals surface area contributed by atoms with Crippen LogP contribution in [0, 0.1) is 5.41 Å². The fraction of sp³-hybridized carbons (Fsp3) is 0.571. The Bertz CT molecular complexity index is 108. The molecule has 0 amide bonds. The van der Waals surface area contributed by atoms with E-state index in [1.807, 2.05) is 20.8 Å². The molecular formula is C7H13N. The largest absolute Gasteiger partial charge is 0.310 e. The molecule has 0 aliphatic rings. The van der Waals surface area contributed by atoms with Gasteiger partial charge in [-0.15, -0.1) is 0 Å². The lowest BCUT2D eigenvalue weighted by Gasteiger charge is -1.88. The minimum absolute atomic E-state index is 0.728. The van der Waals surface area contributed by atoms with Crippen molar-refractivity contribution in [2.75, 3.05) is 0 Å². The van der Waals surface area contributed by atoms with E-state index in [1.165, 1.54) is 5.57 Å². The van der Waals surface area contributed by atoms with Crippen molar-refractivity contribution in [3.05, 3.63) is 11.6 Å². The minimum atomic E-state index is 0.728. The van der Waals surface area contributed by atoms with Gasteiger partial charge in [0.15, 0.2) is 0 Å². The molecule has 1 N–H and O–H groups in total. The Morgan fingerprint density at radius 2 is 1.88 bits per heavy atom. The molecule has 0 fully saturated rings. The molecule has 0 spiro atoms. The highest BCUT2D eigenvalue weighted by atomic mass is 14.4. The van der Waals surface area contributed by atoms with Crippen LogP contribution in [-0.4, -0.2) is 5.71 Å². The maximum atomic E-state index is 7.04. The van der Waals surface area contributed by atoms with Crippen LogP contribution in [0.2, 0.25) is 0 Å². The number of nitrogens with one attached hydrogen (secondary N) is 1. The molecule has 46 valence electrons. The molecule has 0 aromatic rings. The molecule has 0 saturated heterocycles. The van der Waals surface area contributed by atoms with Gasteiger partial charge in [-0.3, -0.25) is 0 Å². The summed E-state index contributed by atoms with van der Waals surface area (Å²) in [6, 6.07) is 0. The zero-order valence-corrected chi connectivity index (χ0v) is 5.78. The SMILES string of the molecule is CC(=N)CC=C(C)C. The first-order chi connectivity index (χ1) is 3.63. The molecule has 0 saturated carbocycles. The highest BCUT2D eigenvalue weighted by Gasteiger charge is 1.80. The standard InChI is InChI=1S/C7H13N/c1-6(2)4-5-7(3)8/h4,8H,5H2,1-3H3. The first-order valence-electron chi connectivity index (χ1n) is 2.80. The maximum absolute atomic E-state index is 7.04. The molecule has 0 atom stereocenters. The molecule has 8 heavy (non-hydrogen) atoms. The van der Waals surface area contributed by atoms with Gasteiger partial charge in [0.2, 0.25) is 0 Å². The Labute approximate surface area is 50.9 Å². The molecule has 0 aromatic carbocycles. The highest BCUT2D eigenvalue weighted by Crippen LogP contribution is 1.92. The quantitative estimate of drug-likeness (QED) is 0.418. The summed E-state index contributed by atoms with van der Waals surface area (Å²) in [5, 5.41) is 7.04. The summed E-state index contributed by atoms with van der Waals surface area (Å²) in [7, 11) is 0. The summed E-state index contributed by atoms with van der Waals surface area (Å²) < 4.78 is 0. The summed E-state index contributed by atoms with van der Waals surface area (Å²) >= 11 is 0. The smallest absolute Gasteiger partial charge is 0.00959 e. The van der Waals surface area contributed by atoms with E-state index in [-0.39, 0.29) is 0 Å². The average Bonchev–Trinajstić information content (AvgIpc) is 1.61. The van der Waals surface area contributed by atoms with Gasteiger partial charge in [0.1, 0.15) is 0 Å². The van der Waals surface area contributed by atoms with Crippen LogP contribution in [-0.2, 0) is 0 Å². The van der Waals surface area contributed by atoms with Gasteiger partial charge in [-0.2, -0.15) is 0 Å². The Balaban J connectivity index is 3.45. The topological polar surface area (TPSA) is 23.9 Å². The molecule has 0 heterocycles. The third kappa shape index (κ3) is 5.41. The van der Waals surface area contributed by atoms with Gasteiger partial charge in [0.25, 0.3) is 0 Å². The van der Waals surface area contributed by atoms with Crippen LogP contribution in [0.5, 0.6) is 0 Å². The van der Waals surface area contributed by atoms with Gasteiger partial charge in [0, 0.05) is 12.1 Å².